The molecule has 1 aromatic carbocycles. The monoisotopic (exact) mass is 249 g/mol. The first kappa shape index (κ1) is 13.0. The Morgan fingerprint density at radius 3 is 2.88 bits per heavy atom. The fraction of sp³-hybridized carbons (Fsp3) is 0.600. The Balaban J connectivity index is 1.72. The van der Waals surface area contributed by atoms with Crippen LogP contribution < -0.4 is 5.32 Å². The standard InChI is InChI=1S/C15H23NS/c1-12(2)16-9-4-10-17-15-8-7-13-5-3-6-14(13)11-15/h7-8,11-12,16H,3-6,9-10H2,1-2H3. The predicted molar refractivity (Wildman–Crippen MR) is 76.9 cm³/mol. The van der Waals surface area contributed by atoms with Crippen LogP contribution in [0.15, 0.2) is 23.1 Å². The van der Waals surface area contributed by atoms with Gasteiger partial charge in [0.15, 0.2) is 0 Å². The maximum atomic E-state index is 3.46. The Hall–Kier alpha value is -0.470. The van der Waals surface area contributed by atoms with E-state index in [9.17, 15) is 0 Å². The first-order chi connectivity index (χ1) is 8.25. The highest BCUT2D eigenvalue weighted by Crippen LogP contribution is 2.27. The lowest BCUT2D eigenvalue weighted by Gasteiger charge is -2.08. The van der Waals surface area contributed by atoms with Crippen LogP contribution in [0.5, 0.6) is 0 Å². The van der Waals surface area contributed by atoms with Crippen molar-refractivity contribution in [3.8, 4) is 0 Å². The van der Waals surface area contributed by atoms with Crippen LogP contribution in [0.2, 0.25) is 0 Å². The van der Waals surface area contributed by atoms with E-state index in [0.717, 1.165) is 6.54 Å². The molecule has 1 aliphatic rings. The Labute approximate surface area is 109 Å². The molecule has 0 amide bonds. The quantitative estimate of drug-likeness (QED) is 0.610. The second kappa shape index (κ2) is 6.46. The molecular weight excluding hydrogens is 226 g/mol. The normalized spacial score (nSPS) is 14.3. The van der Waals surface area contributed by atoms with Crippen molar-refractivity contribution in [1.29, 1.82) is 0 Å². The molecule has 2 rings (SSSR count). The van der Waals surface area contributed by atoms with Gasteiger partial charge in [-0.25, -0.2) is 0 Å². The third-order valence-corrected chi connectivity index (χ3v) is 4.29. The number of benzene rings is 1. The van der Waals surface area contributed by atoms with Crippen LogP contribution in [-0.2, 0) is 12.8 Å². The van der Waals surface area contributed by atoms with Crippen molar-refractivity contribution in [2.45, 2.75) is 50.5 Å². The maximum Gasteiger partial charge on any atom is 0.00748 e. The third kappa shape index (κ3) is 4.04. The molecule has 0 fully saturated rings. The minimum Gasteiger partial charge on any atom is -0.315 e. The Morgan fingerprint density at radius 1 is 1.24 bits per heavy atom. The number of hydrogen-bond donors (Lipinski definition) is 1. The van der Waals surface area contributed by atoms with E-state index in [0.29, 0.717) is 6.04 Å². The minimum absolute atomic E-state index is 0.611. The van der Waals surface area contributed by atoms with Gasteiger partial charge in [-0.2, -0.15) is 0 Å². The molecule has 0 radical (unpaired) electrons. The van der Waals surface area contributed by atoms with Crippen molar-refractivity contribution in [3.05, 3.63) is 29.3 Å². The van der Waals surface area contributed by atoms with Gasteiger partial charge in [0.1, 0.15) is 0 Å². The van der Waals surface area contributed by atoms with Crippen molar-refractivity contribution >= 4 is 11.8 Å². The van der Waals surface area contributed by atoms with E-state index in [-0.39, 0.29) is 0 Å². The van der Waals surface area contributed by atoms with Crippen LogP contribution >= 0.6 is 11.8 Å². The molecular formula is C15H23NS. The summed E-state index contributed by atoms with van der Waals surface area (Å²) in [6, 6.07) is 7.64. The molecule has 0 atom stereocenters. The smallest absolute Gasteiger partial charge is 0.00748 e. The van der Waals surface area contributed by atoms with E-state index in [1.54, 1.807) is 11.1 Å². The van der Waals surface area contributed by atoms with Crippen LogP contribution in [0.25, 0.3) is 0 Å². The van der Waals surface area contributed by atoms with Crippen molar-refractivity contribution in [2.75, 3.05) is 12.3 Å². The zero-order chi connectivity index (χ0) is 12.1. The summed E-state index contributed by atoms with van der Waals surface area (Å²) in [5, 5.41) is 3.46. The largest absolute Gasteiger partial charge is 0.315 e. The molecule has 1 aromatic rings. The van der Waals surface area contributed by atoms with Gasteiger partial charge in [-0.1, -0.05) is 19.9 Å². The average Bonchev–Trinajstić information content (AvgIpc) is 2.75. The van der Waals surface area contributed by atoms with Crippen molar-refractivity contribution in [1.82, 2.24) is 5.32 Å². The second-order valence-corrected chi connectivity index (χ2v) is 6.26. The summed E-state index contributed by atoms with van der Waals surface area (Å²) in [4.78, 5) is 1.45. The SMILES string of the molecule is CC(C)NCCCSc1ccc2c(c1)CCC2. The van der Waals surface area contributed by atoms with Gasteiger partial charge in [0.05, 0.1) is 0 Å². The molecule has 2 heteroatoms. The highest BCUT2D eigenvalue weighted by molar-refractivity contribution is 7.99. The summed E-state index contributed by atoms with van der Waals surface area (Å²) < 4.78 is 0. The van der Waals surface area contributed by atoms with E-state index in [2.05, 4.69) is 37.4 Å². The molecule has 0 heterocycles. The van der Waals surface area contributed by atoms with Gasteiger partial charge in [-0.15, -0.1) is 11.8 Å². The van der Waals surface area contributed by atoms with Crippen LogP contribution in [0, 0.1) is 0 Å². The first-order valence-electron chi connectivity index (χ1n) is 6.73. The summed E-state index contributed by atoms with van der Waals surface area (Å²) >= 11 is 2.00. The van der Waals surface area contributed by atoms with Gasteiger partial charge >= 0.3 is 0 Å². The lowest BCUT2D eigenvalue weighted by molar-refractivity contribution is 0.586. The number of nitrogens with one attached hydrogen (secondary N) is 1. The molecule has 0 bridgehead atoms. The van der Waals surface area contributed by atoms with E-state index < -0.39 is 0 Å². The molecule has 1 aliphatic carbocycles. The Bertz CT molecular complexity index is 360. The molecule has 94 valence electrons. The van der Waals surface area contributed by atoms with Gasteiger partial charge in [0.25, 0.3) is 0 Å². The molecule has 1 N–H and O–H groups in total. The third-order valence-electron chi connectivity index (χ3n) is 3.21. The molecule has 17 heavy (non-hydrogen) atoms. The summed E-state index contributed by atoms with van der Waals surface area (Å²) in [5.74, 6) is 1.22. The Kier molecular flexibility index (Phi) is 4.93. The first-order valence-corrected chi connectivity index (χ1v) is 7.72. The van der Waals surface area contributed by atoms with E-state index in [1.165, 1.54) is 36.3 Å². The highest BCUT2D eigenvalue weighted by atomic mass is 32.2. The van der Waals surface area contributed by atoms with Gasteiger partial charge in [0, 0.05) is 10.9 Å². The van der Waals surface area contributed by atoms with Crippen LogP contribution in [-0.4, -0.2) is 18.3 Å². The van der Waals surface area contributed by atoms with Crippen LogP contribution in [0.4, 0.5) is 0 Å². The lowest BCUT2D eigenvalue weighted by atomic mass is 10.1. The van der Waals surface area contributed by atoms with E-state index in [1.807, 2.05) is 11.8 Å². The molecule has 0 saturated carbocycles. The molecule has 1 nitrogen and oxygen atoms in total. The summed E-state index contributed by atoms with van der Waals surface area (Å²) in [6.45, 7) is 5.54. The fourth-order valence-electron chi connectivity index (χ4n) is 2.29. The zero-order valence-electron chi connectivity index (χ0n) is 11.0. The number of rotatable bonds is 6. The van der Waals surface area contributed by atoms with Crippen LogP contribution in [0.3, 0.4) is 0 Å². The Morgan fingerprint density at radius 2 is 2.06 bits per heavy atom. The fourth-order valence-corrected chi connectivity index (χ4v) is 3.21. The van der Waals surface area contributed by atoms with Gasteiger partial charge in [-0.05, 0) is 61.2 Å². The summed E-state index contributed by atoms with van der Waals surface area (Å²) in [5.41, 5.74) is 3.17. The molecule has 0 aliphatic heterocycles. The highest BCUT2D eigenvalue weighted by Gasteiger charge is 2.10. The van der Waals surface area contributed by atoms with Crippen LogP contribution in [0.1, 0.15) is 37.8 Å². The second-order valence-electron chi connectivity index (χ2n) is 5.09. The van der Waals surface area contributed by atoms with Crippen molar-refractivity contribution in [2.24, 2.45) is 0 Å². The summed E-state index contributed by atoms with van der Waals surface area (Å²) in [6.07, 6.45) is 5.18. The molecule has 0 aromatic heterocycles. The van der Waals surface area contributed by atoms with E-state index >= 15 is 0 Å². The van der Waals surface area contributed by atoms with Gasteiger partial charge in [0.2, 0.25) is 0 Å². The molecule has 0 saturated heterocycles. The molecule has 0 spiro atoms. The predicted octanol–water partition coefficient (Wildman–Crippen LogP) is 3.66. The van der Waals surface area contributed by atoms with E-state index in [4.69, 9.17) is 0 Å². The van der Waals surface area contributed by atoms with Crippen molar-refractivity contribution < 1.29 is 0 Å². The lowest BCUT2D eigenvalue weighted by Crippen LogP contribution is -2.23. The number of fused-ring (bicyclic) bond motifs is 1. The summed E-state index contributed by atoms with van der Waals surface area (Å²) in [7, 11) is 0. The minimum atomic E-state index is 0.611. The number of thioether (sulfide) groups is 1. The average molecular weight is 249 g/mol. The van der Waals surface area contributed by atoms with Crippen molar-refractivity contribution in [3.63, 3.8) is 0 Å². The topological polar surface area (TPSA) is 12.0 Å². The molecule has 0 unspecified atom stereocenters. The van der Waals surface area contributed by atoms with Gasteiger partial charge in [-0.3, -0.25) is 0 Å². The zero-order valence-corrected chi connectivity index (χ0v) is 11.8. The number of aryl methyl sites for hydroxylation is 2. The maximum absolute atomic E-state index is 3.46. The van der Waals surface area contributed by atoms with Gasteiger partial charge < -0.3 is 5.32 Å². The number of hydrogen-bond acceptors (Lipinski definition) is 2.